The first-order valence-electron chi connectivity index (χ1n) is 12.3. The predicted molar refractivity (Wildman–Crippen MR) is 130 cm³/mol. The van der Waals surface area contributed by atoms with E-state index in [4.69, 9.17) is 4.98 Å². The van der Waals surface area contributed by atoms with Crippen molar-refractivity contribution in [2.75, 3.05) is 24.5 Å². The van der Waals surface area contributed by atoms with Gasteiger partial charge in [-0.1, -0.05) is 37.6 Å². The quantitative estimate of drug-likeness (QED) is 0.538. The van der Waals surface area contributed by atoms with Crippen LogP contribution in [0.5, 0.6) is 0 Å². The maximum Gasteiger partial charge on any atom is 0.242 e. The van der Waals surface area contributed by atoms with Crippen LogP contribution < -0.4 is 4.90 Å². The first kappa shape index (κ1) is 21.7. The summed E-state index contributed by atoms with van der Waals surface area (Å²) < 4.78 is 2.05. The van der Waals surface area contributed by atoms with Crippen LogP contribution in [0.1, 0.15) is 56.3 Å². The van der Waals surface area contributed by atoms with E-state index in [1.165, 1.54) is 18.4 Å². The minimum atomic E-state index is -0.0314. The Hall–Kier alpha value is -3.15. The third kappa shape index (κ3) is 4.39. The summed E-state index contributed by atoms with van der Waals surface area (Å²) in [6.45, 7) is 4.75. The van der Waals surface area contributed by atoms with Crippen molar-refractivity contribution in [2.45, 2.75) is 57.9 Å². The monoisotopic (exact) mass is 444 g/mol. The number of para-hydroxylation sites is 2. The average molecular weight is 445 g/mol. The van der Waals surface area contributed by atoms with Crippen molar-refractivity contribution in [3.63, 3.8) is 0 Å². The summed E-state index contributed by atoms with van der Waals surface area (Å²) in [6.07, 6.45) is 5.99. The van der Waals surface area contributed by atoms with Gasteiger partial charge in [-0.15, -0.1) is 0 Å². The molecule has 2 aromatic carbocycles. The molecule has 2 fully saturated rings. The number of likely N-dealkylation sites (tertiary alicyclic amines) is 1. The minimum Gasteiger partial charge on any atom is -0.341 e. The normalized spacial score (nSPS) is 18.6. The Morgan fingerprint density at radius 2 is 1.82 bits per heavy atom. The summed E-state index contributed by atoms with van der Waals surface area (Å²) in [5, 5.41) is 0. The van der Waals surface area contributed by atoms with Gasteiger partial charge in [0.05, 0.1) is 11.0 Å². The molecule has 0 radical (unpaired) electrons. The van der Waals surface area contributed by atoms with E-state index in [0.717, 1.165) is 54.9 Å². The molecule has 2 amide bonds. The molecule has 172 valence electrons. The topological polar surface area (TPSA) is 58.4 Å². The zero-order valence-corrected chi connectivity index (χ0v) is 19.4. The molecule has 6 heteroatoms. The maximum absolute atomic E-state index is 13.0. The second-order valence-electron chi connectivity index (χ2n) is 9.31. The Kier molecular flexibility index (Phi) is 6.16. The molecule has 6 nitrogen and oxygen atoms in total. The van der Waals surface area contributed by atoms with Crippen molar-refractivity contribution in [1.29, 1.82) is 0 Å². The molecule has 2 aliphatic rings. The van der Waals surface area contributed by atoms with Gasteiger partial charge in [0.15, 0.2) is 0 Å². The third-order valence-corrected chi connectivity index (χ3v) is 6.99. The summed E-state index contributed by atoms with van der Waals surface area (Å²) in [7, 11) is 0. The van der Waals surface area contributed by atoms with Gasteiger partial charge in [0.2, 0.25) is 11.8 Å². The number of aromatic nitrogens is 2. The van der Waals surface area contributed by atoms with Gasteiger partial charge < -0.3 is 14.4 Å². The van der Waals surface area contributed by atoms with Crippen molar-refractivity contribution in [3.05, 3.63) is 59.9 Å². The smallest absolute Gasteiger partial charge is 0.242 e. The highest BCUT2D eigenvalue weighted by Crippen LogP contribution is 2.33. The lowest BCUT2D eigenvalue weighted by atomic mass is 10.1. The number of hydrogen-bond acceptors (Lipinski definition) is 3. The molecule has 33 heavy (non-hydrogen) atoms. The molecule has 3 heterocycles. The number of hydrogen-bond donors (Lipinski definition) is 0. The molecule has 0 bridgehead atoms. The Morgan fingerprint density at radius 1 is 1.06 bits per heavy atom. The Morgan fingerprint density at radius 3 is 2.58 bits per heavy atom. The minimum absolute atomic E-state index is 0.0314. The number of imidazole rings is 1. The third-order valence-electron chi connectivity index (χ3n) is 6.99. The van der Waals surface area contributed by atoms with Gasteiger partial charge in [0, 0.05) is 37.7 Å². The number of unbranched alkanes of at least 4 members (excludes halogenated alkanes) is 1. The van der Waals surface area contributed by atoms with E-state index in [9.17, 15) is 9.59 Å². The van der Waals surface area contributed by atoms with Crippen LogP contribution in [0.15, 0.2) is 48.5 Å². The van der Waals surface area contributed by atoms with Crippen molar-refractivity contribution in [1.82, 2.24) is 14.5 Å². The number of rotatable bonds is 7. The molecule has 0 spiro atoms. The summed E-state index contributed by atoms with van der Waals surface area (Å²) >= 11 is 0. The molecule has 1 aromatic heterocycles. The molecule has 2 aliphatic heterocycles. The number of fused-ring (bicyclic) bond motifs is 1. The van der Waals surface area contributed by atoms with E-state index in [-0.39, 0.29) is 24.3 Å². The lowest BCUT2D eigenvalue weighted by Crippen LogP contribution is -2.32. The molecular formula is C27H32N4O2. The van der Waals surface area contributed by atoms with Gasteiger partial charge in [-0.3, -0.25) is 9.59 Å². The van der Waals surface area contributed by atoms with Crippen molar-refractivity contribution >= 4 is 28.5 Å². The van der Waals surface area contributed by atoms with E-state index in [2.05, 4.69) is 31.2 Å². The SMILES string of the molecule is CCCCc1ccc(N2C[C@H](c3nc4ccccc4n3CC(=O)N3CCCC3)CC2=O)cc1. The lowest BCUT2D eigenvalue weighted by molar-refractivity contribution is -0.130. The summed E-state index contributed by atoms with van der Waals surface area (Å²) in [6, 6.07) is 16.3. The van der Waals surface area contributed by atoms with Crippen molar-refractivity contribution in [2.24, 2.45) is 0 Å². The van der Waals surface area contributed by atoms with Crippen LogP contribution in [-0.2, 0) is 22.6 Å². The van der Waals surface area contributed by atoms with E-state index >= 15 is 0 Å². The number of benzene rings is 2. The molecule has 0 saturated carbocycles. The van der Waals surface area contributed by atoms with Gasteiger partial charge in [-0.05, 0) is 55.5 Å². The fraction of sp³-hybridized carbons (Fsp3) is 0.444. The zero-order chi connectivity index (χ0) is 22.8. The number of amides is 2. The van der Waals surface area contributed by atoms with E-state index < -0.39 is 0 Å². The fourth-order valence-electron chi connectivity index (χ4n) is 5.13. The van der Waals surface area contributed by atoms with Crippen LogP contribution in [0.2, 0.25) is 0 Å². The fourth-order valence-corrected chi connectivity index (χ4v) is 5.13. The molecule has 1 atom stereocenters. The molecule has 2 saturated heterocycles. The van der Waals surface area contributed by atoms with E-state index in [1.807, 2.05) is 38.6 Å². The van der Waals surface area contributed by atoms with Crippen LogP contribution in [-0.4, -0.2) is 45.9 Å². The first-order valence-corrected chi connectivity index (χ1v) is 12.3. The largest absolute Gasteiger partial charge is 0.341 e. The Balaban J connectivity index is 1.40. The highest BCUT2D eigenvalue weighted by molar-refractivity contribution is 5.96. The number of carbonyl (C=O) groups excluding carboxylic acids is 2. The predicted octanol–water partition coefficient (Wildman–Crippen LogP) is 4.52. The second kappa shape index (κ2) is 9.38. The van der Waals surface area contributed by atoms with Gasteiger partial charge >= 0.3 is 0 Å². The summed E-state index contributed by atoms with van der Waals surface area (Å²) in [5.74, 6) is 1.07. The molecular weight excluding hydrogens is 412 g/mol. The van der Waals surface area contributed by atoms with Gasteiger partial charge in [0.1, 0.15) is 12.4 Å². The number of carbonyl (C=O) groups is 2. The van der Waals surface area contributed by atoms with Crippen LogP contribution in [0.25, 0.3) is 11.0 Å². The first-order chi connectivity index (χ1) is 16.1. The van der Waals surface area contributed by atoms with E-state index in [1.54, 1.807) is 0 Å². The van der Waals surface area contributed by atoms with Crippen LogP contribution in [0.4, 0.5) is 5.69 Å². The number of aryl methyl sites for hydroxylation is 1. The second-order valence-corrected chi connectivity index (χ2v) is 9.31. The average Bonchev–Trinajstić information content (AvgIpc) is 3.57. The number of anilines is 1. The van der Waals surface area contributed by atoms with Gasteiger partial charge in [-0.25, -0.2) is 4.98 Å². The molecule has 0 N–H and O–H groups in total. The highest BCUT2D eigenvalue weighted by atomic mass is 16.2. The Bertz CT molecular complexity index is 1140. The van der Waals surface area contributed by atoms with Crippen molar-refractivity contribution < 1.29 is 9.59 Å². The molecule has 3 aromatic rings. The van der Waals surface area contributed by atoms with E-state index in [0.29, 0.717) is 13.0 Å². The summed E-state index contributed by atoms with van der Waals surface area (Å²) in [5.41, 5.74) is 4.10. The zero-order valence-electron chi connectivity index (χ0n) is 19.4. The molecule has 0 aliphatic carbocycles. The van der Waals surface area contributed by atoms with Gasteiger partial charge in [0.25, 0.3) is 0 Å². The molecule has 5 rings (SSSR count). The van der Waals surface area contributed by atoms with Gasteiger partial charge in [-0.2, -0.15) is 0 Å². The standard InChI is InChI=1S/C27H32N4O2/c1-2-3-8-20-11-13-22(14-12-20)30-18-21(17-25(30)32)27-28-23-9-4-5-10-24(23)31(27)19-26(33)29-15-6-7-16-29/h4-5,9-14,21H,2-3,6-8,15-19H2,1H3/t21-/m1/s1. The highest BCUT2D eigenvalue weighted by Gasteiger charge is 2.35. The van der Waals surface area contributed by atoms with Crippen LogP contribution >= 0.6 is 0 Å². The van der Waals surface area contributed by atoms with Crippen LogP contribution in [0.3, 0.4) is 0 Å². The van der Waals surface area contributed by atoms with Crippen molar-refractivity contribution in [3.8, 4) is 0 Å². The maximum atomic E-state index is 13.0. The lowest BCUT2D eigenvalue weighted by Gasteiger charge is -2.19. The summed E-state index contributed by atoms with van der Waals surface area (Å²) in [4.78, 5) is 34.7. The number of nitrogens with zero attached hydrogens (tertiary/aromatic N) is 4. The Labute approximate surface area is 195 Å². The molecule has 0 unspecified atom stereocenters. The van der Waals surface area contributed by atoms with Crippen LogP contribution in [0, 0.1) is 0 Å².